The molecule has 0 aromatic heterocycles. The van der Waals surface area contributed by atoms with Crippen LogP contribution in [0.2, 0.25) is 10.0 Å². The van der Waals surface area contributed by atoms with Crippen LogP contribution in [0.1, 0.15) is 0 Å². The van der Waals surface area contributed by atoms with Crippen LogP contribution < -0.4 is 4.72 Å². The molecular weight excluding hydrogens is 472 g/mol. The number of hydrogen-bond acceptors (Lipinski definition) is 2. The number of nitrogens with one attached hydrogen (secondary N) is 1. The van der Waals surface area contributed by atoms with Gasteiger partial charge in [-0.1, -0.05) is 39.1 Å². The molecule has 0 atom stereocenters. The van der Waals surface area contributed by atoms with E-state index in [2.05, 4.69) is 36.6 Å². The summed E-state index contributed by atoms with van der Waals surface area (Å²) in [6, 6.07) is 6.90. The minimum absolute atomic E-state index is 0.0299. The molecule has 0 saturated heterocycles. The van der Waals surface area contributed by atoms with Crippen molar-refractivity contribution >= 4 is 70.8 Å². The summed E-state index contributed by atoms with van der Waals surface area (Å²) in [5.41, 5.74) is 0.0706. The van der Waals surface area contributed by atoms with Crippen molar-refractivity contribution in [2.45, 2.75) is 4.90 Å². The molecular formula is C12H6Br2Cl2FNO2S. The lowest BCUT2D eigenvalue weighted by molar-refractivity contribution is 0.600. The number of halogens is 5. The molecule has 0 heterocycles. The summed E-state index contributed by atoms with van der Waals surface area (Å²) >= 11 is 17.7. The second kappa shape index (κ2) is 6.42. The predicted octanol–water partition coefficient (Wildman–Crippen LogP) is 5.46. The van der Waals surface area contributed by atoms with Gasteiger partial charge >= 0.3 is 0 Å². The van der Waals surface area contributed by atoms with Crippen molar-refractivity contribution in [1.82, 2.24) is 0 Å². The number of anilines is 1. The molecule has 9 heteroatoms. The predicted molar refractivity (Wildman–Crippen MR) is 89.1 cm³/mol. The van der Waals surface area contributed by atoms with Gasteiger partial charge in [0.1, 0.15) is 4.90 Å². The molecule has 0 aliphatic rings. The Hall–Kier alpha value is -0.340. The molecule has 0 aliphatic heterocycles. The van der Waals surface area contributed by atoms with E-state index >= 15 is 0 Å². The maximum Gasteiger partial charge on any atom is 0.263 e. The van der Waals surface area contributed by atoms with E-state index in [1.165, 1.54) is 6.07 Å². The second-order valence-corrected chi connectivity index (χ2v) is 8.17. The van der Waals surface area contributed by atoms with Crippen LogP contribution in [-0.4, -0.2) is 8.42 Å². The fraction of sp³-hybridized carbons (Fsp3) is 0. The maximum atomic E-state index is 13.3. The van der Waals surface area contributed by atoms with Crippen LogP contribution in [0, 0.1) is 5.82 Å². The van der Waals surface area contributed by atoms with Crippen LogP contribution in [0.5, 0.6) is 0 Å². The van der Waals surface area contributed by atoms with Crippen LogP contribution in [0.4, 0.5) is 10.1 Å². The van der Waals surface area contributed by atoms with Crippen molar-refractivity contribution in [3.8, 4) is 0 Å². The number of rotatable bonds is 3. The average molecular weight is 478 g/mol. The van der Waals surface area contributed by atoms with Gasteiger partial charge in [0.2, 0.25) is 0 Å². The van der Waals surface area contributed by atoms with E-state index in [1.807, 2.05) is 0 Å². The molecule has 2 rings (SSSR count). The fourth-order valence-corrected chi connectivity index (χ4v) is 4.79. The lowest BCUT2D eigenvalue weighted by Gasteiger charge is -2.11. The highest BCUT2D eigenvalue weighted by atomic mass is 79.9. The van der Waals surface area contributed by atoms with Crippen LogP contribution in [0.25, 0.3) is 0 Å². The van der Waals surface area contributed by atoms with E-state index in [9.17, 15) is 12.8 Å². The Bertz CT molecular complexity index is 792. The number of benzene rings is 2. The number of sulfonamides is 1. The Morgan fingerprint density at radius 1 is 1.05 bits per heavy atom. The van der Waals surface area contributed by atoms with Gasteiger partial charge in [-0.3, -0.25) is 4.72 Å². The van der Waals surface area contributed by atoms with Crippen molar-refractivity contribution in [2.75, 3.05) is 4.72 Å². The highest BCUT2D eigenvalue weighted by Crippen LogP contribution is 2.31. The van der Waals surface area contributed by atoms with Crippen LogP contribution >= 0.6 is 55.1 Å². The Morgan fingerprint density at radius 3 is 2.14 bits per heavy atom. The quantitative estimate of drug-likeness (QED) is 0.597. The normalized spacial score (nSPS) is 11.5. The first-order valence-corrected chi connectivity index (χ1v) is 9.15. The molecule has 0 amide bonds. The highest BCUT2D eigenvalue weighted by Gasteiger charge is 2.19. The molecule has 0 radical (unpaired) electrons. The molecule has 21 heavy (non-hydrogen) atoms. The first-order valence-electron chi connectivity index (χ1n) is 5.33. The van der Waals surface area contributed by atoms with Crippen molar-refractivity contribution in [3.63, 3.8) is 0 Å². The van der Waals surface area contributed by atoms with Crippen LogP contribution in [0.3, 0.4) is 0 Å². The summed E-state index contributed by atoms with van der Waals surface area (Å²) in [5.74, 6) is -0.800. The average Bonchev–Trinajstić information content (AvgIpc) is 2.34. The first-order chi connectivity index (χ1) is 9.70. The largest absolute Gasteiger partial charge is 0.279 e. The zero-order valence-corrected chi connectivity index (χ0v) is 15.5. The third-order valence-electron chi connectivity index (χ3n) is 2.42. The van der Waals surface area contributed by atoms with Gasteiger partial charge in [-0.15, -0.1) is 0 Å². The van der Waals surface area contributed by atoms with Crippen molar-refractivity contribution in [3.05, 3.63) is 55.1 Å². The molecule has 0 unspecified atom stereocenters. The third kappa shape index (κ3) is 3.90. The SMILES string of the molecule is O=S(=O)(Nc1cc(Cl)c(F)c(Cl)c1)c1ccc(Br)cc1Br. The Kier molecular flexibility index (Phi) is 5.20. The Morgan fingerprint density at radius 2 is 1.62 bits per heavy atom. The monoisotopic (exact) mass is 475 g/mol. The van der Waals surface area contributed by atoms with E-state index in [0.717, 1.165) is 16.6 Å². The van der Waals surface area contributed by atoms with Gasteiger partial charge in [-0.2, -0.15) is 0 Å². The van der Waals surface area contributed by atoms with E-state index < -0.39 is 15.8 Å². The smallest absolute Gasteiger partial charge is 0.263 e. The molecule has 1 N–H and O–H groups in total. The molecule has 0 bridgehead atoms. The Labute approximate surface area is 147 Å². The van der Waals surface area contributed by atoms with Crippen LogP contribution in [0.15, 0.2) is 44.2 Å². The van der Waals surface area contributed by atoms with Gasteiger partial charge < -0.3 is 0 Å². The standard InChI is InChI=1S/C12H6Br2Cl2FNO2S/c13-6-1-2-11(8(14)3-6)21(19,20)18-7-4-9(15)12(17)10(16)5-7/h1-5,18H. The van der Waals surface area contributed by atoms with Gasteiger partial charge in [-0.05, 0) is 46.3 Å². The summed E-state index contributed by atoms with van der Waals surface area (Å²) in [4.78, 5) is 0.0299. The van der Waals surface area contributed by atoms with Gasteiger partial charge in [0.25, 0.3) is 10.0 Å². The highest BCUT2D eigenvalue weighted by molar-refractivity contribution is 9.11. The molecule has 3 nitrogen and oxygen atoms in total. The van der Waals surface area contributed by atoms with E-state index in [4.69, 9.17) is 23.2 Å². The first kappa shape index (κ1) is 17.0. The zero-order chi connectivity index (χ0) is 15.8. The van der Waals surface area contributed by atoms with Crippen molar-refractivity contribution in [2.24, 2.45) is 0 Å². The Balaban J connectivity index is 2.42. The third-order valence-corrected chi connectivity index (χ3v) is 5.82. The van der Waals surface area contributed by atoms with E-state index in [0.29, 0.717) is 4.47 Å². The van der Waals surface area contributed by atoms with Gasteiger partial charge in [-0.25, -0.2) is 12.8 Å². The molecule has 0 spiro atoms. The summed E-state index contributed by atoms with van der Waals surface area (Å²) in [7, 11) is -3.86. The van der Waals surface area contributed by atoms with Gasteiger partial charge in [0.15, 0.2) is 5.82 Å². The summed E-state index contributed by atoms with van der Waals surface area (Å²) in [6.07, 6.45) is 0. The topological polar surface area (TPSA) is 46.2 Å². The second-order valence-electron chi connectivity index (χ2n) is 3.93. The minimum Gasteiger partial charge on any atom is -0.279 e. The number of hydrogen-bond donors (Lipinski definition) is 1. The van der Waals surface area contributed by atoms with Gasteiger partial charge in [0, 0.05) is 8.95 Å². The molecule has 0 aliphatic carbocycles. The van der Waals surface area contributed by atoms with E-state index in [-0.39, 0.29) is 20.6 Å². The zero-order valence-electron chi connectivity index (χ0n) is 10.0. The van der Waals surface area contributed by atoms with E-state index in [1.54, 1.807) is 12.1 Å². The summed E-state index contributed by atoms with van der Waals surface area (Å²) < 4.78 is 41.3. The molecule has 112 valence electrons. The fourth-order valence-electron chi connectivity index (χ4n) is 1.52. The summed E-state index contributed by atoms with van der Waals surface area (Å²) in [5, 5.41) is -0.537. The molecule has 2 aromatic rings. The maximum absolute atomic E-state index is 13.3. The van der Waals surface area contributed by atoms with Crippen molar-refractivity contribution < 1.29 is 12.8 Å². The summed E-state index contributed by atoms with van der Waals surface area (Å²) in [6.45, 7) is 0. The van der Waals surface area contributed by atoms with Crippen LogP contribution in [-0.2, 0) is 10.0 Å². The van der Waals surface area contributed by atoms with Gasteiger partial charge in [0.05, 0.1) is 15.7 Å². The van der Waals surface area contributed by atoms with Crippen molar-refractivity contribution in [1.29, 1.82) is 0 Å². The minimum atomic E-state index is -3.86. The molecule has 2 aromatic carbocycles. The lowest BCUT2D eigenvalue weighted by Crippen LogP contribution is -2.13. The lowest BCUT2D eigenvalue weighted by atomic mass is 10.3. The molecule has 0 saturated carbocycles. The molecule has 0 fully saturated rings.